The second-order valence-electron chi connectivity index (χ2n) is 4.15. The Morgan fingerprint density at radius 3 is 2.89 bits per heavy atom. The summed E-state index contributed by atoms with van der Waals surface area (Å²) in [7, 11) is 1.55. The Kier molecular flexibility index (Phi) is 4.35. The second kappa shape index (κ2) is 5.99. The molecule has 2 rings (SSSR count). The van der Waals surface area contributed by atoms with Crippen molar-refractivity contribution >= 4 is 11.6 Å². The minimum Gasteiger partial charge on any atom is -0.481 e. The molecule has 0 saturated carbocycles. The molecule has 1 aromatic carbocycles. The van der Waals surface area contributed by atoms with E-state index in [1.165, 1.54) is 12.1 Å². The van der Waals surface area contributed by atoms with Gasteiger partial charge in [0.1, 0.15) is 5.82 Å². The summed E-state index contributed by atoms with van der Waals surface area (Å²) in [6.07, 6.45) is 2.13. The van der Waals surface area contributed by atoms with E-state index in [4.69, 9.17) is 22.1 Å². The van der Waals surface area contributed by atoms with E-state index in [0.29, 0.717) is 17.3 Å². The van der Waals surface area contributed by atoms with Crippen molar-refractivity contribution < 1.29 is 9.13 Å². The molecule has 0 aliphatic carbocycles. The normalized spacial score (nSPS) is 12.2. The van der Waals surface area contributed by atoms with Crippen molar-refractivity contribution in [2.24, 2.45) is 5.73 Å². The molecule has 19 heavy (non-hydrogen) atoms. The molecular weight excluding hydrogens is 267 g/mol. The van der Waals surface area contributed by atoms with Crippen molar-refractivity contribution in [1.82, 2.24) is 4.98 Å². The van der Waals surface area contributed by atoms with E-state index >= 15 is 0 Å². The van der Waals surface area contributed by atoms with E-state index in [1.807, 2.05) is 6.07 Å². The standard InChI is InChI=1S/C14H14ClFN2O/c1-19-14-11(3-2-6-18-14)13(17)7-9-4-5-10(16)8-12(9)15/h2-6,8,13H,7,17H2,1H3. The van der Waals surface area contributed by atoms with Crippen LogP contribution in [0, 0.1) is 5.82 Å². The van der Waals surface area contributed by atoms with Crippen molar-refractivity contribution in [3.8, 4) is 5.88 Å². The van der Waals surface area contributed by atoms with Crippen LogP contribution in [0.25, 0.3) is 0 Å². The smallest absolute Gasteiger partial charge is 0.217 e. The van der Waals surface area contributed by atoms with Gasteiger partial charge in [-0.2, -0.15) is 0 Å². The summed E-state index contributed by atoms with van der Waals surface area (Å²) in [5, 5.41) is 0.373. The summed E-state index contributed by atoms with van der Waals surface area (Å²) in [5.41, 5.74) is 7.73. The number of ether oxygens (including phenoxy) is 1. The molecule has 0 saturated heterocycles. The highest BCUT2D eigenvalue weighted by molar-refractivity contribution is 6.31. The van der Waals surface area contributed by atoms with Crippen molar-refractivity contribution in [2.45, 2.75) is 12.5 Å². The van der Waals surface area contributed by atoms with Crippen LogP contribution in [0.15, 0.2) is 36.5 Å². The lowest BCUT2D eigenvalue weighted by Crippen LogP contribution is -2.15. The first-order chi connectivity index (χ1) is 9.11. The SMILES string of the molecule is COc1ncccc1C(N)Cc1ccc(F)cc1Cl. The maximum absolute atomic E-state index is 13.0. The third-order valence-electron chi connectivity index (χ3n) is 2.85. The fourth-order valence-electron chi connectivity index (χ4n) is 1.89. The number of methoxy groups -OCH3 is 1. The average Bonchev–Trinajstić information content (AvgIpc) is 2.41. The number of rotatable bonds is 4. The number of halogens is 2. The van der Waals surface area contributed by atoms with Gasteiger partial charge in [-0.3, -0.25) is 0 Å². The summed E-state index contributed by atoms with van der Waals surface area (Å²) in [4.78, 5) is 4.10. The maximum atomic E-state index is 13.0. The lowest BCUT2D eigenvalue weighted by molar-refractivity contribution is 0.388. The van der Waals surface area contributed by atoms with Crippen LogP contribution < -0.4 is 10.5 Å². The van der Waals surface area contributed by atoms with Crippen LogP contribution in [-0.4, -0.2) is 12.1 Å². The average molecular weight is 281 g/mol. The van der Waals surface area contributed by atoms with Gasteiger partial charge in [0.2, 0.25) is 5.88 Å². The van der Waals surface area contributed by atoms with Gasteiger partial charge in [-0.25, -0.2) is 9.37 Å². The number of nitrogens with zero attached hydrogens (tertiary/aromatic N) is 1. The van der Waals surface area contributed by atoms with Crippen molar-refractivity contribution in [3.05, 3.63) is 58.5 Å². The van der Waals surface area contributed by atoms with E-state index in [-0.39, 0.29) is 11.9 Å². The predicted octanol–water partition coefficient (Wildman–Crippen LogP) is 3.13. The van der Waals surface area contributed by atoms with Crippen molar-refractivity contribution in [3.63, 3.8) is 0 Å². The zero-order valence-electron chi connectivity index (χ0n) is 10.4. The van der Waals surface area contributed by atoms with Gasteiger partial charge in [0.05, 0.1) is 7.11 Å². The molecule has 1 heterocycles. The minimum atomic E-state index is -0.360. The Bertz CT molecular complexity index is 577. The highest BCUT2D eigenvalue weighted by atomic mass is 35.5. The van der Waals surface area contributed by atoms with Crippen LogP contribution in [-0.2, 0) is 6.42 Å². The van der Waals surface area contributed by atoms with Crippen LogP contribution in [0.5, 0.6) is 5.88 Å². The molecule has 0 fully saturated rings. The van der Waals surface area contributed by atoms with Crippen LogP contribution >= 0.6 is 11.6 Å². The number of hydrogen-bond acceptors (Lipinski definition) is 3. The molecule has 0 aliphatic rings. The molecule has 2 N–H and O–H groups in total. The van der Waals surface area contributed by atoms with Gasteiger partial charge < -0.3 is 10.5 Å². The predicted molar refractivity (Wildman–Crippen MR) is 72.8 cm³/mol. The molecule has 0 amide bonds. The Hall–Kier alpha value is -1.65. The van der Waals surface area contributed by atoms with Crippen LogP contribution in [0.1, 0.15) is 17.2 Å². The molecule has 2 aromatic rings. The Morgan fingerprint density at radius 1 is 1.42 bits per heavy atom. The fourth-order valence-corrected chi connectivity index (χ4v) is 2.13. The molecule has 3 nitrogen and oxygen atoms in total. The summed E-state index contributed by atoms with van der Waals surface area (Å²) >= 11 is 5.99. The quantitative estimate of drug-likeness (QED) is 0.936. The third kappa shape index (κ3) is 3.22. The van der Waals surface area contributed by atoms with E-state index in [9.17, 15) is 4.39 Å². The van der Waals surface area contributed by atoms with Crippen molar-refractivity contribution in [2.75, 3.05) is 7.11 Å². The molecule has 0 spiro atoms. The first-order valence-corrected chi connectivity index (χ1v) is 6.18. The number of nitrogens with two attached hydrogens (primary N) is 1. The molecule has 0 bridgehead atoms. The van der Waals surface area contributed by atoms with Crippen LogP contribution in [0.4, 0.5) is 4.39 Å². The van der Waals surface area contributed by atoms with E-state index in [0.717, 1.165) is 11.1 Å². The van der Waals surface area contributed by atoms with Crippen molar-refractivity contribution in [1.29, 1.82) is 0 Å². The van der Waals surface area contributed by atoms with Gasteiger partial charge in [0.25, 0.3) is 0 Å². The fraction of sp³-hybridized carbons (Fsp3) is 0.214. The number of pyridine rings is 1. The second-order valence-corrected chi connectivity index (χ2v) is 4.56. The number of aromatic nitrogens is 1. The monoisotopic (exact) mass is 280 g/mol. The number of benzene rings is 1. The first-order valence-electron chi connectivity index (χ1n) is 5.80. The lowest BCUT2D eigenvalue weighted by Gasteiger charge is -2.15. The van der Waals surface area contributed by atoms with E-state index in [1.54, 1.807) is 25.4 Å². The molecule has 0 radical (unpaired) electrons. The van der Waals surface area contributed by atoms with Gasteiger partial charge in [0, 0.05) is 22.8 Å². The molecule has 100 valence electrons. The largest absolute Gasteiger partial charge is 0.481 e. The van der Waals surface area contributed by atoms with Gasteiger partial charge in [-0.05, 0) is 30.2 Å². The lowest BCUT2D eigenvalue weighted by atomic mass is 10.0. The van der Waals surface area contributed by atoms with Gasteiger partial charge in [0.15, 0.2) is 0 Å². The Morgan fingerprint density at radius 2 is 2.21 bits per heavy atom. The van der Waals surface area contributed by atoms with Gasteiger partial charge in [-0.1, -0.05) is 23.7 Å². The zero-order valence-corrected chi connectivity index (χ0v) is 11.2. The molecule has 5 heteroatoms. The Labute approximate surface area is 116 Å². The molecular formula is C14H14ClFN2O. The summed E-state index contributed by atoms with van der Waals surface area (Å²) < 4.78 is 18.2. The molecule has 1 unspecified atom stereocenters. The van der Waals surface area contributed by atoms with Gasteiger partial charge >= 0.3 is 0 Å². The zero-order chi connectivity index (χ0) is 13.8. The first kappa shape index (κ1) is 13.8. The molecule has 0 aliphatic heterocycles. The highest BCUT2D eigenvalue weighted by Gasteiger charge is 2.14. The van der Waals surface area contributed by atoms with E-state index < -0.39 is 0 Å². The summed E-state index contributed by atoms with van der Waals surface area (Å²) in [6, 6.07) is 7.63. The summed E-state index contributed by atoms with van der Waals surface area (Å²) in [6.45, 7) is 0. The number of hydrogen-bond donors (Lipinski definition) is 1. The van der Waals surface area contributed by atoms with E-state index in [2.05, 4.69) is 4.98 Å². The maximum Gasteiger partial charge on any atom is 0.217 e. The highest BCUT2D eigenvalue weighted by Crippen LogP contribution is 2.26. The topological polar surface area (TPSA) is 48.1 Å². The third-order valence-corrected chi connectivity index (χ3v) is 3.20. The van der Waals surface area contributed by atoms with Crippen LogP contribution in [0.2, 0.25) is 5.02 Å². The molecule has 1 aromatic heterocycles. The van der Waals surface area contributed by atoms with Gasteiger partial charge in [-0.15, -0.1) is 0 Å². The molecule has 1 atom stereocenters. The minimum absolute atomic E-state index is 0.313. The van der Waals surface area contributed by atoms with Crippen LogP contribution in [0.3, 0.4) is 0 Å². The summed E-state index contributed by atoms with van der Waals surface area (Å²) in [5.74, 6) is 0.134. The Balaban J connectivity index is 2.23.